The van der Waals surface area contributed by atoms with Crippen LogP contribution in [0.1, 0.15) is 46.5 Å². The minimum Gasteiger partial charge on any atom is -0.481 e. The van der Waals surface area contributed by atoms with Crippen LogP contribution in [0.3, 0.4) is 0 Å². The van der Waals surface area contributed by atoms with Crippen molar-refractivity contribution >= 4 is 5.97 Å². The molecule has 4 nitrogen and oxygen atoms in total. The van der Waals surface area contributed by atoms with E-state index in [0.29, 0.717) is 19.6 Å². The van der Waals surface area contributed by atoms with Crippen molar-refractivity contribution in [1.82, 2.24) is 5.06 Å². The van der Waals surface area contributed by atoms with Crippen molar-refractivity contribution < 1.29 is 14.7 Å². The van der Waals surface area contributed by atoms with Crippen molar-refractivity contribution in [3.05, 3.63) is 0 Å². The van der Waals surface area contributed by atoms with Crippen LogP contribution in [0.25, 0.3) is 0 Å². The Morgan fingerprint density at radius 1 is 1.31 bits per heavy atom. The van der Waals surface area contributed by atoms with Gasteiger partial charge in [-0.1, -0.05) is 26.7 Å². The third-order valence-electron chi connectivity index (χ3n) is 2.65. The van der Waals surface area contributed by atoms with Crippen LogP contribution in [0.15, 0.2) is 0 Å². The number of aliphatic carboxylic acids is 1. The van der Waals surface area contributed by atoms with Crippen LogP contribution < -0.4 is 0 Å². The third-order valence-corrected chi connectivity index (χ3v) is 2.65. The van der Waals surface area contributed by atoms with Gasteiger partial charge < -0.3 is 5.11 Å². The largest absolute Gasteiger partial charge is 0.481 e. The second-order valence-electron chi connectivity index (χ2n) is 3.91. The zero-order chi connectivity index (χ0) is 12.4. The van der Waals surface area contributed by atoms with Crippen molar-refractivity contribution in [3.8, 4) is 0 Å². The fourth-order valence-corrected chi connectivity index (χ4v) is 1.64. The number of hydroxylamine groups is 2. The van der Waals surface area contributed by atoms with E-state index in [-0.39, 0.29) is 5.92 Å². The van der Waals surface area contributed by atoms with Crippen LogP contribution in [0.4, 0.5) is 0 Å². The van der Waals surface area contributed by atoms with Crippen LogP contribution in [0.2, 0.25) is 0 Å². The van der Waals surface area contributed by atoms with Crippen LogP contribution in [-0.2, 0) is 9.63 Å². The van der Waals surface area contributed by atoms with Gasteiger partial charge in [0, 0.05) is 13.1 Å². The van der Waals surface area contributed by atoms with E-state index >= 15 is 0 Å². The molecule has 0 aromatic heterocycles. The van der Waals surface area contributed by atoms with Gasteiger partial charge in [0.1, 0.15) is 0 Å². The van der Waals surface area contributed by atoms with Crippen molar-refractivity contribution in [2.75, 3.05) is 19.7 Å². The summed E-state index contributed by atoms with van der Waals surface area (Å²) in [6, 6.07) is 0. The normalized spacial score (nSPS) is 13.0. The number of carboxylic acid groups (broad SMARTS) is 1. The van der Waals surface area contributed by atoms with Crippen LogP contribution in [0.5, 0.6) is 0 Å². The number of carboxylic acids is 1. The van der Waals surface area contributed by atoms with Gasteiger partial charge in [-0.2, -0.15) is 5.06 Å². The number of hydrogen-bond acceptors (Lipinski definition) is 3. The maximum atomic E-state index is 11.0. The van der Waals surface area contributed by atoms with Gasteiger partial charge in [-0.25, -0.2) is 0 Å². The summed E-state index contributed by atoms with van der Waals surface area (Å²) in [6.07, 6.45) is 3.48. The summed E-state index contributed by atoms with van der Waals surface area (Å²) in [7, 11) is 0. The summed E-state index contributed by atoms with van der Waals surface area (Å²) in [5.41, 5.74) is 0. The molecule has 0 fully saturated rings. The lowest BCUT2D eigenvalue weighted by Gasteiger charge is -2.21. The maximum Gasteiger partial charge on any atom is 0.306 e. The van der Waals surface area contributed by atoms with Crippen LogP contribution in [0, 0.1) is 5.92 Å². The minimum atomic E-state index is -0.680. The highest BCUT2D eigenvalue weighted by Crippen LogP contribution is 2.14. The molecule has 0 saturated heterocycles. The highest BCUT2D eigenvalue weighted by molar-refractivity contribution is 5.69. The molecule has 4 heteroatoms. The van der Waals surface area contributed by atoms with E-state index in [4.69, 9.17) is 9.94 Å². The average Bonchev–Trinajstić information content (AvgIpc) is 2.27. The molecule has 0 heterocycles. The van der Waals surface area contributed by atoms with Gasteiger partial charge in [-0.15, -0.1) is 0 Å². The Labute approximate surface area is 98.5 Å². The molecule has 1 N–H and O–H groups in total. The molecule has 0 bridgehead atoms. The molecule has 0 radical (unpaired) electrons. The molecule has 0 amide bonds. The average molecular weight is 231 g/mol. The quantitative estimate of drug-likeness (QED) is 0.587. The molecule has 0 aromatic carbocycles. The fraction of sp³-hybridized carbons (Fsp3) is 0.917. The molecule has 0 aromatic rings. The number of unbranched alkanes of at least 4 members (excludes halogenated alkanes) is 1. The summed E-state index contributed by atoms with van der Waals surface area (Å²) in [6.45, 7) is 8.17. The van der Waals surface area contributed by atoms with Gasteiger partial charge in [-0.05, 0) is 19.8 Å². The molecule has 1 unspecified atom stereocenters. The van der Waals surface area contributed by atoms with E-state index in [0.717, 1.165) is 25.8 Å². The van der Waals surface area contributed by atoms with Gasteiger partial charge in [0.15, 0.2) is 0 Å². The van der Waals surface area contributed by atoms with E-state index in [9.17, 15) is 4.79 Å². The number of hydrogen-bond donors (Lipinski definition) is 1. The number of rotatable bonds is 10. The summed E-state index contributed by atoms with van der Waals surface area (Å²) < 4.78 is 0. The predicted octanol–water partition coefficient (Wildman–Crippen LogP) is 2.54. The monoisotopic (exact) mass is 231 g/mol. The molecule has 0 saturated carbocycles. The van der Waals surface area contributed by atoms with Crippen LogP contribution >= 0.6 is 0 Å². The molecule has 0 aliphatic heterocycles. The minimum absolute atomic E-state index is 0.227. The Morgan fingerprint density at radius 3 is 2.44 bits per heavy atom. The molecule has 1 atom stereocenters. The standard InChI is InChI=1S/C12H25NO3/c1-4-7-8-11(12(14)15)9-10-13(5-2)16-6-3/h11H,4-10H2,1-3H3,(H,14,15). The molecular formula is C12H25NO3. The molecule has 0 aliphatic carbocycles. The summed E-state index contributed by atoms with van der Waals surface area (Å²) in [4.78, 5) is 16.4. The number of nitrogens with zero attached hydrogens (tertiary/aromatic N) is 1. The highest BCUT2D eigenvalue weighted by atomic mass is 16.7. The Hall–Kier alpha value is -0.610. The molecule has 0 rings (SSSR count). The zero-order valence-electron chi connectivity index (χ0n) is 10.7. The number of carbonyl (C=O) groups is 1. The van der Waals surface area contributed by atoms with E-state index in [1.54, 1.807) is 0 Å². The maximum absolute atomic E-state index is 11.0. The van der Waals surface area contributed by atoms with Crippen LogP contribution in [-0.4, -0.2) is 35.8 Å². The lowest BCUT2D eigenvalue weighted by atomic mass is 9.99. The first kappa shape index (κ1) is 15.4. The van der Waals surface area contributed by atoms with E-state index in [1.807, 2.05) is 18.9 Å². The molecular weight excluding hydrogens is 206 g/mol. The summed E-state index contributed by atoms with van der Waals surface area (Å²) in [5.74, 6) is -0.907. The lowest BCUT2D eigenvalue weighted by Crippen LogP contribution is -2.28. The lowest BCUT2D eigenvalue weighted by molar-refractivity contribution is -0.158. The Morgan fingerprint density at radius 2 is 2.00 bits per heavy atom. The summed E-state index contributed by atoms with van der Waals surface area (Å²) in [5, 5.41) is 10.9. The van der Waals surface area contributed by atoms with Crippen molar-refractivity contribution in [2.24, 2.45) is 5.92 Å². The first-order valence-electron chi connectivity index (χ1n) is 6.26. The zero-order valence-corrected chi connectivity index (χ0v) is 10.7. The Balaban J connectivity index is 3.93. The molecule has 96 valence electrons. The summed E-state index contributed by atoms with van der Waals surface area (Å²) >= 11 is 0. The second-order valence-corrected chi connectivity index (χ2v) is 3.91. The predicted molar refractivity (Wildman–Crippen MR) is 64.1 cm³/mol. The van der Waals surface area contributed by atoms with Gasteiger partial charge in [0.25, 0.3) is 0 Å². The third kappa shape index (κ3) is 6.80. The topological polar surface area (TPSA) is 49.8 Å². The van der Waals surface area contributed by atoms with Crippen molar-refractivity contribution in [1.29, 1.82) is 0 Å². The van der Waals surface area contributed by atoms with E-state index < -0.39 is 5.97 Å². The second kappa shape index (κ2) is 9.60. The smallest absolute Gasteiger partial charge is 0.306 e. The Kier molecular flexibility index (Phi) is 9.24. The van der Waals surface area contributed by atoms with Crippen molar-refractivity contribution in [2.45, 2.75) is 46.5 Å². The van der Waals surface area contributed by atoms with Crippen molar-refractivity contribution in [3.63, 3.8) is 0 Å². The Bertz CT molecular complexity index is 185. The van der Waals surface area contributed by atoms with Gasteiger partial charge >= 0.3 is 5.97 Å². The molecule has 0 aliphatic rings. The van der Waals surface area contributed by atoms with Gasteiger partial charge in [0.05, 0.1) is 12.5 Å². The fourth-order valence-electron chi connectivity index (χ4n) is 1.64. The van der Waals surface area contributed by atoms with Gasteiger partial charge in [-0.3, -0.25) is 9.63 Å². The SMILES string of the molecule is CCCCC(CCN(CC)OCC)C(=O)O. The van der Waals surface area contributed by atoms with E-state index in [1.165, 1.54) is 0 Å². The molecule has 16 heavy (non-hydrogen) atoms. The molecule has 0 spiro atoms. The highest BCUT2D eigenvalue weighted by Gasteiger charge is 2.17. The first-order chi connectivity index (χ1) is 7.65. The van der Waals surface area contributed by atoms with Gasteiger partial charge in [0.2, 0.25) is 0 Å². The van der Waals surface area contributed by atoms with E-state index in [2.05, 4.69) is 6.92 Å². The first-order valence-corrected chi connectivity index (χ1v) is 6.26.